The van der Waals surface area contributed by atoms with E-state index in [9.17, 15) is 9.90 Å². The molecule has 1 amide bonds. The van der Waals surface area contributed by atoms with Gasteiger partial charge in [0.1, 0.15) is 5.75 Å². The Morgan fingerprint density at radius 3 is 2.80 bits per heavy atom. The molecule has 1 aromatic carbocycles. The van der Waals surface area contributed by atoms with Gasteiger partial charge in [-0.15, -0.1) is 0 Å². The van der Waals surface area contributed by atoms with Crippen molar-refractivity contribution >= 4 is 5.91 Å². The number of aliphatic hydroxyl groups is 1. The predicted molar refractivity (Wildman–Crippen MR) is 54.6 cm³/mol. The molecule has 80 valence electrons. The van der Waals surface area contributed by atoms with Crippen molar-refractivity contribution in [2.75, 3.05) is 19.7 Å². The minimum atomic E-state index is -0.0874. The van der Waals surface area contributed by atoms with Crippen LogP contribution < -0.4 is 0 Å². The van der Waals surface area contributed by atoms with E-state index in [4.69, 9.17) is 5.11 Å². The predicted octanol–water partition coefficient (Wildman–Crippen LogP) is 0.456. The molecule has 0 radical (unpaired) electrons. The fourth-order valence-electron chi connectivity index (χ4n) is 1.67. The molecular weight excluding hydrogens is 194 g/mol. The van der Waals surface area contributed by atoms with Gasteiger partial charge in [0.05, 0.1) is 0 Å². The maximum absolute atomic E-state index is 11.8. The first-order valence-electron chi connectivity index (χ1n) is 4.90. The molecule has 1 aromatic rings. The van der Waals surface area contributed by atoms with Crippen LogP contribution >= 0.6 is 0 Å². The topological polar surface area (TPSA) is 60.8 Å². The van der Waals surface area contributed by atoms with Crippen molar-refractivity contribution in [1.29, 1.82) is 0 Å². The van der Waals surface area contributed by atoms with Gasteiger partial charge in [0, 0.05) is 31.2 Å². The second-order valence-electron chi connectivity index (χ2n) is 3.81. The number of aromatic hydroxyl groups is 1. The van der Waals surface area contributed by atoms with Crippen molar-refractivity contribution in [3.63, 3.8) is 0 Å². The second-order valence-corrected chi connectivity index (χ2v) is 3.81. The SMILES string of the molecule is O=C(c1cccc(O)c1)N1CC(CO)C1. The van der Waals surface area contributed by atoms with E-state index in [0.29, 0.717) is 18.7 Å². The van der Waals surface area contributed by atoms with Crippen molar-refractivity contribution in [2.45, 2.75) is 0 Å². The zero-order valence-corrected chi connectivity index (χ0v) is 8.26. The summed E-state index contributed by atoms with van der Waals surface area (Å²) in [5.74, 6) is 0.224. The summed E-state index contributed by atoms with van der Waals surface area (Å²) in [7, 11) is 0. The summed E-state index contributed by atoms with van der Waals surface area (Å²) in [4.78, 5) is 13.4. The van der Waals surface area contributed by atoms with Crippen molar-refractivity contribution in [2.24, 2.45) is 5.92 Å². The van der Waals surface area contributed by atoms with E-state index in [1.165, 1.54) is 12.1 Å². The molecule has 2 N–H and O–H groups in total. The molecule has 0 aliphatic carbocycles. The van der Waals surface area contributed by atoms with Gasteiger partial charge in [-0.2, -0.15) is 0 Å². The van der Waals surface area contributed by atoms with Gasteiger partial charge in [-0.3, -0.25) is 4.79 Å². The zero-order chi connectivity index (χ0) is 10.8. The quantitative estimate of drug-likeness (QED) is 0.740. The summed E-state index contributed by atoms with van der Waals surface area (Å²) in [6, 6.07) is 6.30. The van der Waals surface area contributed by atoms with Gasteiger partial charge < -0.3 is 15.1 Å². The van der Waals surface area contributed by atoms with E-state index in [1.54, 1.807) is 17.0 Å². The molecule has 4 nitrogen and oxygen atoms in total. The lowest BCUT2D eigenvalue weighted by Gasteiger charge is -2.38. The molecule has 0 saturated carbocycles. The molecule has 2 rings (SSSR count). The van der Waals surface area contributed by atoms with Crippen LogP contribution in [0.25, 0.3) is 0 Å². The van der Waals surface area contributed by atoms with Crippen molar-refractivity contribution in [1.82, 2.24) is 4.90 Å². The highest BCUT2D eigenvalue weighted by molar-refractivity contribution is 5.95. The van der Waals surface area contributed by atoms with Crippen LogP contribution in [0.4, 0.5) is 0 Å². The number of phenolic OH excluding ortho intramolecular Hbond substituents is 1. The summed E-state index contributed by atoms with van der Waals surface area (Å²) in [5, 5.41) is 18.0. The van der Waals surface area contributed by atoms with Gasteiger partial charge in [0.25, 0.3) is 5.91 Å². The van der Waals surface area contributed by atoms with E-state index < -0.39 is 0 Å². The fraction of sp³-hybridized carbons (Fsp3) is 0.364. The molecule has 0 aromatic heterocycles. The smallest absolute Gasteiger partial charge is 0.254 e. The average molecular weight is 207 g/mol. The summed E-state index contributed by atoms with van der Waals surface area (Å²) in [6.07, 6.45) is 0. The minimum Gasteiger partial charge on any atom is -0.508 e. The normalized spacial score (nSPS) is 16.2. The number of nitrogens with zero attached hydrogens (tertiary/aromatic N) is 1. The molecule has 1 aliphatic rings. The number of benzene rings is 1. The Morgan fingerprint density at radius 1 is 1.47 bits per heavy atom. The van der Waals surface area contributed by atoms with Gasteiger partial charge in [0.15, 0.2) is 0 Å². The van der Waals surface area contributed by atoms with Gasteiger partial charge in [-0.1, -0.05) is 6.07 Å². The van der Waals surface area contributed by atoms with Crippen LogP contribution in [0.2, 0.25) is 0 Å². The lowest BCUT2D eigenvalue weighted by Crippen LogP contribution is -2.51. The average Bonchev–Trinajstić information content (AvgIpc) is 2.16. The van der Waals surface area contributed by atoms with Crippen LogP contribution in [0.3, 0.4) is 0 Å². The van der Waals surface area contributed by atoms with Crippen molar-refractivity contribution < 1.29 is 15.0 Å². The highest BCUT2D eigenvalue weighted by Gasteiger charge is 2.30. The van der Waals surface area contributed by atoms with Crippen LogP contribution in [-0.2, 0) is 0 Å². The third-order valence-electron chi connectivity index (χ3n) is 2.60. The Morgan fingerprint density at radius 2 is 2.20 bits per heavy atom. The highest BCUT2D eigenvalue weighted by atomic mass is 16.3. The zero-order valence-electron chi connectivity index (χ0n) is 8.26. The first kappa shape index (κ1) is 9.98. The van der Waals surface area contributed by atoms with Gasteiger partial charge >= 0.3 is 0 Å². The third kappa shape index (κ3) is 1.94. The van der Waals surface area contributed by atoms with Crippen LogP contribution in [-0.4, -0.2) is 40.7 Å². The minimum absolute atomic E-state index is 0.0874. The second kappa shape index (κ2) is 3.90. The fourth-order valence-corrected chi connectivity index (χ4v) is 1.67. The number of aliphatic hydroxyl groups excluding tert-OH is 1. The van der Waals surface area contributed by atoms with Crippen LogP contribution in [0.15, 0.2) is 24.3 Å². The van der Waals surface area contributed by atoms with Gasteiger partial charge in [-0.05, 0) is 18.2 Å². The number of phenols is 1. The summed E-state index contributed by atoms with van der Waals surface area (Å²) < 4.78 is 0. The van der Waals surface area contributed by atoms with E-state index in [0.717, 1.165) is 0 Å². The molecule has 15 heavy (non-hydrogen) atoms. The summed E-state index contributed by atoms with van der Waals surface area (Å²) in [6.45, 7) is 1.33. The number of hydrogen-bond acceptors (Lipinski definition) is 3. The van der Waals surface area contributed by atoms with E-state index in [-0.39, 0.29) is 24.2 Å². The Labute approximate surface area is 87.8 Å². The molecule has 1 heterocycles. The Hall–Kier alpha value is -1.55. The first-order chi connectivity index (χ1) is 7.20. The Kier molecular flexibility index (Phi) is 2.60. The number of likely N-dealkylation sites (tertiary alicyclic amines) is 1. The molecule has 0 spiro atoms. The first-order valence-corrected chi connectivity index (χ1v) is 4.90. The van der Waals surface area contributed by atoms with Crippen LogP contribution in [0, 0.1) is 5.92 Å². The van der Waals surface area contributed by atoms with Crippen molar-refractivity contribution in [3.05, 3.63) is 29.8 Å². The van der Waals surface area contributed by atoms with Crippen LogP contribution in [0.1, 0.15) is 10.4 Å². The number of carbonyl (C=O) groups excluding carboxylic acids is 1. The number of amides is 1. The number of rotatable bonds is 2. The maximum Gasteiger partial charge on any atom is 0.254 e. The van der Waals surface area contributed by atoms with Gasteiger partial charge in [0.2, 0.25) is 0 Å². The largest absolute Gasteiger partial charge is 0.508 e. The van der Waals surface area contributed by atoms with Crippen LogP contribution in [0.5, 0.6) is 5.75 Å². The van der Waals surface area contributed by atoms with E-state index >= 15 is 0 Å². The third-order valence-corrected chi connectivity index (χ3v) is 2.60. The van der Waals surface area contributed by atoms with E-state index in [1.807, 2.05) is 0 Å². The maximum atomic E-state index is 11.8. The molecule has 1 aliphatic heterocycles. The summed E-state index contributed by atoms with van der Waals surface area (Å²) >= 11 is 0. The van der Waals surface area contributed by atoms with Gasteiger partial charge in [-0.25, -0.2) is 0 Å². The molecule has 4 heteroatoms. The van der Waals surface area contributed by atoms with Crippen molar-refractivity contribution in [3.8, 4) is 5.75 Å². The van der Waals surface area contributed by atoms with E-state index in [2.05, 4.69) is 0 Å². The summed E-state index contributed by atoms with van der Waals surface area (Å²) in [5.41, 5.74) is 0.492. The Bertz CT molecular complexity index is 372. The lowest BCUT2D eigenvalue weighted by molar-refractivity contribution is 0.0361. The number of carbonyl (C=O) groups is 1. The molecule has 1 fully saturated rings. The Balaban J connectivity index is 2.03. The molecule has 0 unspecified atom stereocenters. The molecule has 1 saturated heterocycles. The molecule has 0 bridgehead atoms. The lowest BCUT2D eigenvalue weighted by atomic mass is 10.00. The standard InChI is InChI=1S/C11H13NO3/c13-7-8-5-12(6-8)11(15)9-2-1-3-10(14)4-9/h1-4,8,13-14H,5-7H2. The number of hydrogen-bond donors (Lipinski definition) is 2. The monoisotopic (exact) mass is 207 g/mol. The molecule has 0 atom stereocenters. The molecular formula is C11H13NO3. The highest BCUT2D eigenvalue weighted by Crippen LogP contribution is 2.19.